The van der Waals surface area contributed by atoms with Crippen molar-refractivity contribution in [1.82, 2.24) is 5.32 Å². The highest BCUT2D eigenvalue weighted by Gasteiger charge is 2.21. The Hall–Kier alpha value is -2.25. The molecule has 0 saturated carbocycles. The normalized spacial score (nSPS) is 15.1. The van der Waals surface area contributed by atoms with E-state index in [0.717, 1.165) is 36.8 Å². The number of nitrogens with two attached hydrogens (primary N) is 1. The first kappa shape index (κ1) is 21.5. The van der Waals surface area contributed by atoms with E-state index < -0.39 is 10.0 Å². The molecule has 0 spiro atoms. The Morgan fingerprint density at radius 3 is 2.59 bits per heavy atom. The third-order valence-corrected chi connectivity index (χ3v) is 7.20. The van der Waals surface area contributed by atoms with Gasteiger partial charge in [0, 0.05) is 10.9 Å². The second-order valence-corrected chi connectivity index (χ2v) is 9.81. The quantitative estimate of drug-likeness (QED) is 0.605. The lowest BCUT2D eigenvalue weighted by atomic mass is 10.1. The van der Waals surface area contributed by atoms with Gasteiger partial charge in [-0.25, -0.2) is 13.6 Å². The zero-order valence-electron chi connectivity index (χ0n) is 16.2. The molecule has 9 heteroatoms. The third kappa shape index (κ3) is 5.22. The van der Waals surface area contributed by atoms with E-state index in [4.69, 9.17) is 5.14 Å². The van der Waals surface area contributed by atoms with Crippen molar-refractivity contribution >= 4 is 32.3 Å². The van der Waals surface area contributed by atoms with Gasteiger partial charge < -0.3 is 10.6 Å². The minimum Gasteiger partial charge on any atom is -0.315 e. The van der Waals surface area contributed by atoms with Crippen LogP contribution in [-0.4, -0.2) is 20.9 Å². The number of thiophene rings is 1. The molecule has 154 valence electrons. The molecule has 1 aromatic carbocycles. The van der Waals surface area contributed by atoms with Crippen molar-refractivity contribution < 1.29 is 13.2 Å². The molecule has 1 atom stereocenters. The number of benzene rings is 1. The average Bonchev–Trinajstić information content (AvgIpc) is 2.84. The number of carbonyl (C=O) groups excluding carboxylic acids is 1. The van der Waals surface area contributed by atoms with Gasteiger partial charge in [-0.2, -0.15) is 5.26 Å². The number of aryl methyl sites for hydroxylation is 1. The van der Waals surface area contributed by atoms with Crippen molar-refractivity contribution in [2.75, 3.05) is 11.9 Å². The number of amides is 1. The summed E-state index contributed by atoms with van der Waals surface area (Å²) >= 11 is 1.51. The number of nitriles is 1. The summed E-state index contributed by atoms with van der Waals surface area (Å²) in [4.78, 5) is 13.7. The molecular weight excluding hydrogens is 408 g/mol. The predicted octanol–water partition coefficient (Wildman–Crippen LogP) is 2.83. The second-order valence-electron chi connectivity index (χ2n) is 7.15. The maximum absolute atomic E-state index is 12.4. The van der Waals surface area contributed by atoms with Gasteiger partial charge in [0.1, 0.15) is 11.1 Å². The van der Waals surface area contributed by atoms with Crippen LogP contribution in [0.1, 0.15) is 53.8 Å². The van der Waals surface area contributed by atoms with Crippen molar-refractivity contribution in [3.05, 3.63) is 45.8 Å². The van der Waals surface area contributed by atoms with Gasteiger partial charge in [-0.1, -0.05) is 18.6 Å². The van der Waals surface area contributed by atoms with E-state index in [1.54, 1.807) is 12.1 Å². The fourth-order valence-electron chi connectivity index (χ4n) is 3.43. The molecule has 1 aliphatic carbocycles. The number of nitrogens with one attached hydrogen (secondary N) is 2. The molecule has 0 aliphatic heterocycles. The number of fused-ring (bicyclic) bond motifs is 1. The molecule has 4 N–H and O–H groups in total. The summed E-state index contributed by atoms with van der Waals surface area (Å²) in [5.74, 6) is -0.217. The van der Waals surface area contributed by atoms with Gasteiger partial charge >= 0.3 is 0 Å². The molecule has 3 rings (SSSR count). The van der Waals surface area contributed by atoms with Gasteiger partial charge in [0.05, 0.1) is 17.0 Å². The van der Waals surface area contributed by atoms with Crippen molar-refractivity contribution in [2.45, 2.75) is 50.0 Å². The largest absolute Gasteiger partial charge is 0.315 e. The highest BCUT2D eigenvalue weighted by atomic mass is 32.2. The molecule has 29 heavy (non-hydrogen) atoms. The summed E-state index contributed by atoms with van der Waals surface area (Å²) in [7, 11) is -3.73. The van der Waals surface area contributed by atoms with Crippen LogP contribution >= 0.6 is 11.3 Å². The Bertz CT molecular complexity index is 1040. The maximum atomic E-state index is 12.4. The summed E-state index contributed by atoms with van der Waals surface area (Å²) < 4.78 is 22.7. The predicted molar refractivity (Wildman–Crippen MR) is 113 cm³/mol. The molecule has 0 fully saturated rings. The Kier molecular flexibility index (Phi) is 6.70. The van der Waals surface area contributed by atoms with Crippen LogP contribution in [0.5, 0.6) is 0 Å². The molecule has 1 aromatic heterocycles. The van der Waals surface area contributed by atoms with Gasteiger partial charge in [-0.15, -0.1) is 11.3 Å². The molecule has 7 nitrogen and oxygen atoms in total. The number of sulfonamides is 1. The number of hydrogen-bond donors (Lipinski definition) is 3. The van der Waals surface area contributed by atoms with E-state index >= 15 is 0 Å². The molecule has 0 radical (unpaired) electrons. The number of nitrogens with zero attached hydrogens (tertiary/aromatic N) is 1. The zero-order valence-corrected chi connectivity index (χ0v) is 17.8. The molecule has 1 amide bonds. The van der Waals surface area contributed by atoms with Gasteiger partial charge in [-0.05, 0) is 55.9 Å². The van der Waals surface area contributed by atoms with Crippen molar-refractivity contribution in [3.8, 4) is 6.07 Å². The summed E-state index contributed by atoms with van der Waals surface area (Å²) in [6.45, 7) is 1.96. The first-order valence-corrected chi connectivity index (χ1v) is 11.9. The molecule has 1 aliphatic rings. The second kappa shape index (κ2) is 9.05. The summed E-state index contributed by atoms with van der Waals surface area (Å²) in [6, 6.07) is 8.32. The summed E-state index contributed by atoms with van der Waals surface area (Å²) in [6.07, 6.45) is 5.24. The van der Waals surface area contributed by atoms with Crippen LogP contribution in [0.2, 0.25) is 0 Å². The smallest absolute Gasteiger partial charge is 0.238 e. The monoisotopic (exact) mass is 432 g/mol. The van der Waals surface area contributed by atoms with Crippen LogP contribution in [0.4, 0.5) is 5.00 Å². The lowest BCUT2D eigenvalue weighted by Gasteiger charge is -2.14. The minimum atomic E-state index is -3.73. The highest BCUT2D eigenvalue weighted by Crippen LogP contribution is 2.36. The van der Waals surface area contributed by atoms with E-state index in [1.165, 1.54) is 34.8 Å². The first-order valence-electron chi connectivity index (χ1n) is 9.50. The third-order valence-electron chi connectivity index (χ3n) is 5.06. The van der Waals surface area contributed by atoms with Gasteiger partial charge in [0.15, 0.2) is 0 Å². The van der Waals surface area contributed by atoms with Crippen LogP contribution in [0.25, 0.3) is 0 Å². The van der Waals surface area contributed by atoms with Crippen LogP contribution in [0.15, 0.2) is 29.2 Å². The van der Waals surface area contributed by atoms with Crippen molar-refractivity contribution in [2.24, 2.45) is 5.14 Å². The van der Waals surface area contributed by atoms with Crippen LogP contribution in [-0.2, 0) is 27.7 Å². The van der Waals surface area contributed by atoms with Crippen LogP contribution in [0, 0.1) is 11.3 Å². The summed E-state index contributed by atoms with van der Waals surface area (Å²) in [5, 5.41) is 21.3. The summed E-state index contributed by atoms with van der Waals surface area (Å²) in [5.41, 5.74) is 2.54. The van der Waals surface area contributed by atoms with Crippen LogP contribution in [0.3, 0.4) is 0 Å². The molecule has 0 saturated heterocycles. The number of rotatable bonds is 6. The molecule has 0 bridgehead atoms. The van der Waals surface area contributed by atoms with Gasteiger partial charge in [0.2, 0.25) is 15.9 Å². The lowest BCUT2D eigenvalue weighted by molar-refractivity contribution is -0.115. The Morgan fingerprint density at radius 2 is 1.93 bits per heavy atom. The minimum absolute atomic E-state index is 0.0488. The number of carbonyl (C=O) groups is 1. The standard InChI is InChI=1S/C20H24N4O3S2/c1-13(14-7-9-15(10-8-14)29(22,26)27)23-12-19(25)24-20-17(11-21)16-5-3-2-4-6-18(16)28-20/h7-10,13,23H,2-6,12H2,1H3,(H,24,25)(H2,22,26,27)/t13-/m1/s1. The number of primary sulfonamides is 1. The van der Waals surface area contributed by atoms with E-state index in [1.807, 2.05) is 6.92 Å². The topological polar surface area (TPSA) is 125 Å². The van der Waals surface area contributed by atoms with Gasteiger partial charge in [-0.3, -0.25) is 4.79 Å². The fraction of sp³-hybridized carbons (Fsp3) is 0.400. The first-order chi connectivity index (χ1) is 13.8. The van der Waals surface area contributed by atoms with Crippen molar-refractivity contribution in [1.29, 1.82) is 5.26 Å². The van der Waals surface area contributed by atoms with E-state index in [0.29, 0.717) is 10.6 Å². The molecule has 1 heterocycles. The Morgan fingerprint density at radius 1 is 1.24 bits per heavy atom. The molecule has 2 aromatic rings. The zero-order chi connectivity index (χ0) is 21.0. The molecular formula is C20H24N4O3S2. The number of hydrogen-bond acceptors (Lipinski definition) is 6. The Labute approximate surface area is 175 Å². The lowest BCUT2D eigenvalue weighted by Crippen LogP contribution is -2.30. The maximum Gasteiger partial charge on any atom is 0.238 e. The fourth-order valence-corrected chi connectivity index (χ4v) is 5.20. The SMILES string of the molecule is C[C@@H](NCC(=O)Nc1sc2c(c1C#N)CCCCC2)c1ccc(S(N)(=O)=O)cc1. The van der Waals surface area contributed by atoms with E-state index in [-0.39, 0.29) is 23.4 Å². The average molecular weight is 433 g/mol. The number of anilines is 1. The van der Waals surface area contributed by atoms with Crippen LogP contribution < -0.4 is 15.8 Å². The van der Waals surface area contributed by atoms with Crippen molar-refractivity contribution in [3.63, 3.8) is 0 Å². The molecule has 0 unspecified atom stereocenters. The Balaban J connectivity index is 1.61. The van der Waals surface area contributed by atoms with E-state index in [9.17, 15) is 18.5 Å². The van der Waals surface area contributed by atoms with Gasteiger partial charge in [0.25, 0.3) is 0 Å². The van der Waals surface area contributed by atoms with E-state index in [2.05, 4.69) is 16.7 Å². The highest BCUT2D eigenvalue weighted by molar-refractivity contribution is 7.89.